The van der Waals surface area contributed by atoms with E-state index in [0.29, 0.717) is 43.0 Å². The largest absolute Gasteiger partial charge is 0.384 e. The number of hydrogen-bond acceptors (Lipinski definition) is 6. The maximum Gasteiger partial charge on any atom is 0.270 e. The van der Waals surface area contributed by atoms with Crippen LogP contribution in [-0.2, 0) is 35.2 Å². The van der Waals surface area contributed by atoms with Crippen molar-refractivity contribution in [1.82, 2.24) is 24.8 Å². The normalized spacial score (nSPS) is 22.5. The van der Waals surface area contributed by atoms with Gasteiger partial charge in [-0.2, -0.15) is 0 Å². The molecule has 43 heavy (non-hydrogen) atoms. The molecule has 0 bridgehead atoms. The fraction of sp³-hybridized carbons (Fsp3) is 0.344. The average Bonchev–Trinajstić information content (AvgIpc) is 3.62. The fourth-order valence-electron chi connectivity index (χ4n) is 6.89. The third-order valence-corrected chi connectivity index (χ3v) is 9.05. The van der Waals surface area contributed by atoms with Crippen LogP contribution >= 0.6 is 0 Å². The minimum absolute atomic E-state index is 0.111. The maximum atomic E-state index is 14.9. The number of pyridine rings is 2. The van der Waals surface area contributed by atoms with Crippen LogP contribution in [0.4, 0.5) is 14.6 Å². The predicted octanol–water partition coefficient (Wildman–Crippen LogP) is 4.22. The molecule has 4 aromatic rings. The van der Waals surface area contributed by atoms with Gasteiger partial charge in [-0.05, 0) is 74.4 Å². The van der Waals surface area contributed by atoms with Crippen molar-refractivity contribution in [2.24, 2.45) is 0 Å². The van der Waals surface area contributed by atoms with Crippen molar-refractivity contribution in [3.8, 4) is 0 Å². The quantitative estimate of drug-likeness (QED) is 0.330. The van der Waals surface area contributed by atoms with Crippen molar-refractivity contribution in [1.29, 1.82) is 0 Å². The molecular formula is C32H30F2N6O3. The van der Waals surface area contributed by atoms with Crippen LogP contribution in [0, 0.1) is 11.6 Å². The minimum Gasteiger partial charge on any atom is -0.384 e. The van der Waals surface area contributed by atoms with Crippen LogP contribution in [0.25, 0.3) is 0 Å². The number of fused-ring (bicyclic) bond motifs is 4. The Bertz CT molecular complexity index is 1800. The number of nitrogens with one attached hydrogen (secondary N) is 2. The van der Waals surface area contributed by atoms with Crippen LogP contribution in [0.5, 0.6) is 0 Å². The van der Waals surface area contributed by atoms with Gasteiger partial charge in [-0.1, -0.05) is 18.2 Å². The smallest absolute Gasteiger partial charge is 0.270 e. The molecule has 9 nitrogen and oxygen atoms in total. The molecule has 3 atom stereocenters. The number of nitrogens with zero attached hydrogens (tertiary/aromatic N) is 4. The van der Waals surface area contributed by atoms with Crippen LogP contribution in [0.15, 0.2) is 55.0 Å². The molecule has 3 N–H and O–H groups in total. The second-order valence-electron chi connectivity index (χ2n) is 12.2. The van der Waals surface area contributed by atoms with Gasteiger partial charge in [0, 0.05) is 30.4 Å². The molecule has 0 saturated carbocycles. The second kappa shape index (κ2) is 9.77. The Balaban J connectivity index is 1.17. The summed E-state index contributed by atoms with van der Waals surface area (Å²) in [7, 11) is 0. The van der Waals surface area contributed by atoms with Crippen molar-refractivity contribution in [3.63, 3.8) is 0 Å². The van der Waals surface area contributed by atoms with Gasteiger partial charge in [-0.15, -0.1) is 0 Å². The van der Waals surface area contributed by atoms with Crippen molar-refractivity contribution in [2.75, 3.05) is 5.32 Å². The van der Waals surface area contributed by atoms with Crippen molar-refractivity contribution in [3.05, 3.63) is 106 Å². The fourth-order valence-corrected chi connectivity index (χ4v) is 6.89. The van der Waals surface area contributed by atoms with E-state index >= 15 is 0 Å². The number of aromatic nitrogens is 4. The monoisotopic (exact) mass is 584 g/mol. The zero-order chi connectivity index (χ0) is 30.1. The molecule has 1 spiro atoms. The Morgan fingerprint density at radius 2 is 1.91 bits per heavy atom. The summed E-state index contributed by atoms with van der Waals surface area (Å²) in [6.07, 6.45) is 6.62. The van der Waals surface area contributed by atoms with Crippen molar-refractivity contribution in [2.45, 2.75) is 69.1 Å². The SMILES string of the molecule is CC(C)(O)c1cnc2n1C[C@H](c1cccc(F)c1F)CC[C@H]2NC(=O)c1cc2c(cn1)CC1(C2)C(=O)Nc2ncccc21. The standard InChI is InChI=1S/C32H30F2N6O3/c1-31(2,43)25-15-37-28-23(9-8-17(16-40(25)28)20-5-3-7-22(33)26(20)34)38-29(41)24-11-18-12-32(13-19(18)14-36-24)21-6-4-10-35-27(21)39-30(32)42/h3-7,10-11,14-15,17,23,43H,8-9,12-13,16H2,1-2H3,(H,38,41)(H,35,39,42)/t17-,23-,32?/m1/s1. The number of rotatable bonds is 4. The highest BCUT2D eigenvalue weighted by Crippen LogP contribution is 2.46. The summed E-state index contributed by atoms with van der Waals surface area (Å²) < 4.78 is 30.8. The van der Waals surface area contributed by atoms with Crippen LogP contribution < -0.4 is 10.6 Å². The predicted molar refractivity (Wildman–Crippen MR) is 152 cm³/mol. The summed E-state index contributed by atoms with van der Waals surface area (Å²) in [5.74, 6) is -1.65. The minimum atomic E-state index is -1.26. The molecule has 11 heteroatoms. The van der Waals surface area contributed by atoms with Crippen LogP contribution in [0.3, 0.4) is 0 Å². The molecule has 5 heterocycles. The summed E-state index contributed by atoms with van der Waals surface area (Å²) in [4.78, 5) is 40.0. The van der Waals surface area contributed by atoms with Crippen LogP contribution in [0.2, 0.25) is 0 Å². The first-order valence-electron chi connectivity index (χ1n) is 14.3. The molecule has 2 aliphatic heterocycles. The molecule has 1 aromatic carbocycles. The first kappa shape index (κ1) is 27.3. The molecule has 1 aliphatic carbocycles. The van der Waals surface area contributed by atoms with Gasteiger partial charge >= 0.3 is 0 Å². The van der Waals surface area contributed by atoms with Crippen LogP contribution in [-0.4, -0.2) is 36.4 Å². The summed E-state index contributed by atoms with van der Waals surface area (Å²) in [5.41, 5.74) is 1.56. The highest BCUT2D eigenvalue weighted by atomic mass is 19.2. The number of carbonyl (C=O) groups excluding carboxylic acids is 2. The maximum absolute atomic E-state index is 14.9. The molecule has 2 amide bonds. The third kappa shape index (κ3) is 4.41. The van der Waals surface area contributed by atoms with E-state index in [1.807, 2.05) is 12.1 Å². The lowest BCUT2D eigenvalue weighted by Crippen LogP contribution is -2.35. The van der Waals surface area contributed by atoms with Gasteiger partial charge in [-0.25, -0.2) is 18.7 Å². The summed E-state index contributed by atoms with van der Waals surface area (Å²) in [6.45, 7) is 3.53. The molecule has 0 fully saturated rings. The van der Waals surface area contributed by atoms with Crippen molar-refractivity contribution >= 4 is 17.6 Å². The van der Waals surface area contributed by atoms with Crippen LogP contribution in [0.1, 0.15) is 82.9 Å². The first-order valence-corrected chi connectivity index (χ1v) is 14.3. The lowest BCUT2D eigenvalue weighted by atomic mass is 9.79. The van der Waals surface area contributed by atoms with Gasteiger partial charge in [0.25, 0.3) is 5.91 Å². The topological polar surface area (TPSA) is 122 Å². The molecular weight excluding hydrogens is 554 g/mol. The Labute approximate surface area is 246 Å². The second-order valence-corrected chi connectivity index (χ2v) is 12.2. The van der Waals surface area contributed by atoms with E-state index in [9.17, 15) is 23.5 Å². The van der Waals surface area contributed by atoms with Gasteiger partial charge in [0.2, 0.25) is 5.91 Å². The van der Waals surface area contributed by atoms with Gasteiger partial charge in [0.15, 0.2) is 11.6 Å². The Morgan fingerprint density at radius 3 is 2.72 bits per heavy atom. The Hall–Kier alpha value is -4.51. The summed E-state index contributed by atoms with van der Waals surface area (Å²) in [5, 5.41) is 16.8. The van der Waals surface area contributed by atoms with E-state index in [-0.39, 0.29) is 23.7 Å². The lowest BCUT2D eigenvalue weighted by molar-refractivity contribution is -0.120. The van der Waals surface area contributed by atoms with Gasteiger partial charge in [-0.3, -0.25) is 14.6 Å². The van der Waals surface area contributed by atoms with Gasteiger partial charge < -0.3 is 20.3 Å². The zero-order valence-electron chi connectivity index (χ0n) is 23.7. The number of benzene rings is 1. The van der Waals surface area contributed by atoms with Crippen molar-refractivity contribution < 1.29 is 23.5 Å². The number of hydrogen-bond donors (Lipinski definition) is 3. The molecule has 7 rings (SSSR count). The van der Waals surface area contributed by atoms with E-state index in [1.54, 1.807) is 49.1 Å². The number of amides is 2. The Morgan fingerprint density at radius 1 is 1.09 bits per heavy atom. The highest BCUT2D eigenvalue weighted by Gasteiger charge is 2.51. The molecule has 3 aromatic heterocycles. The van der Waals surface area contributed by atoms with E-state index in [1.165, 1.54) is 6.07 Å². The molecule has 0 saturated heterocycles. The first-order chi connectivity index (χ1) is 20.5. The zero-order valence-corrected chi connectivity index (χ0v) is 23.7. The molecule has 0 radical (unpaired) electrons. The summed E-state index contributed by atoms with van der Waals surface area (Å²) >= 11 is 0. The van der Waals surface area contributed by atoms with E-state index in [0.717, 1.165) is 22.8 Å². The van der Waals surface area contributed by atoms with Gasteiger partial charge in [0.05, 0.1) is 23.3 Å². The summed E-state index contributed by atoms with van der Waals surface area (Å²) in [6, 6.07) is 9.03. The number of halogens is 2. The lowest BCUT2D eigenvalue weighted by Gasteiger charge is -2.23. The van der Waals surface area contributed by atoms with E-state index in [2.05, 4.69) is 25.6 Å². The number of anilines is 1. The highest BCUT2D eigenvalue weighted by molar-refractivity contribution is 6.06. The van der Waals surface area contributed by atoms with E-state index in [4.69, 9.17) is 0 Å². The number of aliphatic hydroxyl groups is 1. The third-order valence-electron chi connectivity index (χ3n) is 9.05. The number of carbonyl (C=O) groups is 2. The van der Waals surface area contributed by atoms with E-state index < -0.39 is 40.5 Å². The number of imidazole rings is 1. The molecule has 220 valence electrons. The molecule has 1 unspecified atom stereocenters. The molecule has 3 aliphatic rings. The average molecular weight is 585 g/mol. The van der Waals surface area contributed by atoms with Gasteiger partial charge in [0.1, 0.15) is 22.9 Å². The Kier molecular flexibility index (Phi) is 6.21.